The summed E-state index contributed by atoms with van der Waals surface area (Å²) in [7, 11) is 0. The van der Waals surface area contributed by atoms with Gasteiger partial charge in [0.1, 0.15) is 12.1 Å². The van der Waals surface area contributed by atoms with E-state index in [0.717, 1.165) is 41.5 Å². The fraction of sp³-hybridized carbons (Fsp3) is 0.444. The molecule has 2 fully saturated rings. The van der Waals surface area contributed by atoms with Crippen LogP contribution in [0.1, 0.15) is 62.0 Å². The van der Waals surface area contributed by atoms with Crippen LogP contribution in [0.2, 0.25) is 0 Å². The van der Waals surface area contributed by atoms with Crippen LogP contribution < -0.4 is 10.6 Å². The van der Waals surface area contributed by atoms with Crippen molar-refractivity contribution in [1.82, 2.24) is 10.6 Å². The van der Waals surface area contributed by atoms with E-state index in [1.54, 1.807) is 0 Å². The number of fused-ring (bicyclic) bond motifs is 3. The Morgan fingerprint density at radius 2 is 1.53 bits per heavy atom. The second kappa shape index (κ2) is 9.12. The molecule has 2 atom stereocenters. The predicted octanol–water partition coefficient (Wildman–Crippen LogP) is 4.21. The van der Waals surface area contributed by atoms with Crippen molar-refractivity contribution in [2.24, 2.45) is 5.92 Å². The number of aliphatic carboxylic acids is 1. The SMILES string of the molecule is O=C(NC1(C(=O)N[C@@H]2CCC[C@@H]2C(=O)O)CCCC1)OCC1c2ccccc2-c2ccccc21. The molecule has 7 nitrogen and oxygen atoms in total. The smallest absolute Gasteiger partial charge is 0.408 e. The highest BCUT2D eigenvalue weighted by Crippen LogP contribution is 2.44. The molecule has 3 N–H and O–H groups in total. The molecule has 0 spiro atoms. The summed E-state index contributed by atoms with van der Waals surface area (Å²) >= 11 is 0. The molecule has 0 saturated heterocycles. The highest BCUT2D eigenvalue weighted by atomic mass is 16.5. The molecule has 2 aromatic rings. The quantitative estimate of drug-likeness (QED) is 0.597. The molecule has 0 aliphatic heterocycles. The maximum Gasteiger partial charge on any atom is 0.408 e. The van der Waals surface area contributed by atoms with Crippen LogP contribution in [0.5, 0.6) is 0 Å². The van der Waals surface area contributed by atoms with Crippen LogP contribution >= 0.6 is 0 Å². The summed E-state index contributed by atoms with van der Waals surface area (Å²) in [6.07, 6.45) is 4.06. The van der Waals surface area contributed by atoms with E-state index in [1.807, 2.05) is 24.3 Å². The standard InChI is InChI=1S/C27H30N2O5/c30-24(31)21-12-7-13-23(21)28-25(32)27(14-5-6-15-27)29-26(33)34-16-22-19-10-3-1-8-17(19)18-9-2-4-11-20(18)22/h1-4,8-11,21-23H,5-7,12-16H2,(H,28,32)(H,29,33)(H,30,31)/t21-,23+/m0/s1. The molecule has 178 valence electrons. The summed E-state index contributed by atoms with van der Waals surface area (Å²) in [6.45, 7) is 0.182. The van der Waals surface area contributed by atoms with E-state index in [1.165, 1.54) is 0 Å². The topological polar surface area (TPSA) is 105 Å². The summed E-state index contributed by atoms with van der Waals surface area (Å²) in [6, 6.07) is 15.9. The molecule has 0 unspecified atom stereocenters. The Bertz CT molecular complexity index is 1060. The lowest BCUT2D eigenvalue weighted by Gasteiger charge is -2.31. The van der Waals surface area contributed by atoms with E-state index in [4.69, 9.17) is 4.74 Å². The Hall–Kier alpha value is -3.35. The Morgan fingerprint density at radius 3 is 2.15 bits per heavy atom. The van der Waals surface area contributed by atoms with Gasteiger partial charge in [0, 0.05) is 12.0 Å². The van der Waals surface area contributed by atoms with Crippen LogP contribution in [0.4, 0.5) is 4.79 Å². The molecule has 5 rings (SSSR count). The highest BCUT2D eigenvalue weighted by molar-refractivity contribution is 5.91. The molecule has 0 bridgehead atoms. The lowest BCUT2D eigenvalue weighted by molar-refractivity contribution is -0.142. The van der Waals surface area contributed by atoms with E-state index in [2.05, 4.69) is 34.9 Å². The van der Waals surface area contributed by atoms with Crippen molar-refractivity contribution >= 4 is 18.0 Å². The second-order valence-corrected chi connectivity index (χ2v) is 9.70. The number of rotatable bonds is 6. The van der Waals surface area contributed by atoms with Gasteiger partial charge >= 0.3 is 12.1 Å². The minimum absolute atomic E-state index is 0.0543. The van der Waals surface area contributed by atoms with Crippen molar-refractivity contribution in [3.05, 3.63) is 59.7 Å². The minimum Gasteiger partial charge on any atom is -0.481 e. The van der Waals surface area contributed by atoms with Crippen molar-refractivity contribution in [1.29, 1.82) is 0 Å². The van der Waals surface area contributed by atoms with Crippen molar-refractivity contribution < 1.29 is 24.2 Å². The van der Waals surface area contributed by atoms with Gasteiger partial charge in [0.25, 0.3) is 0 Å². The van der Waals surface area contributed by atoms with E-state index >= 15 is 0 Å². The van der Waals surface area contributed by atoms with Crippen LogP contribution in [-0.2, 0) is 14.3 Å². The number of nitrogens with one attached hydrogen (secondary N) is 2. The first kappa shape index (κ1) is 22.4. The summed E-state index contributed by atoms with van der Waals surface area (Å²) in [5.74, 6) is -1.80. The predicted molar refractivity (Wildman–Crippen MR) is 126 cm³/mol. The van der Waals surface area contributed by atoms with Crippen LogP contribution in [0.15, 0.2) is 48.5 Å². The van der Waals surface area contributed by atoms with Crippen molar-refractivity contribution in [2.45, 2.75) is 62.4 Å². The first-order chi connectivity index (χ1) is 16.5. The molecule has 3 aliphatic rings. The highest BCUT2D eigenvalue weighted by Gasteiger charge is 2.45. The van der Waals surface area contributed by atoms with E-state index in [-0.39, 0.29) is 18.4 Å². The van der Waals surface area contributed by atoms with Crippen molar-refractivity contribution in [3.8, 4) is 11.1 Å². The number of amides is 2. The Balaban J connectivity index is 1.26. The third kappa shape index (κ3) is 4.04. The zero-order valence-electron chi connectivity index (χ0n) is 19.1. The molecule has 0 heterocycles. The number of carboxylic acid groups (broad SMARTS) is 1. The molecule has 0 aromatic heterocycles. The summed E-state index contributed by atoms with van der Waals surface area (Å²) < 4.78 is 5.68. The number of carbonyl (C=O) groups excluding carboxylic acids is 2. The van der Waals surface area contributed by atoms with Crippen molar-refractivity contribution in [2.75, 3.05) is 6.61 Å². The van der Waals surface area contributed by atoms with Gasteiger partial charge in [-0.3, -0.25) is 9.59 Å². The molecule has 2 amide bonds. The first-order valence-corrected chi connectivity index (χ1v) is 12.2. The lowest BCUT2D eigenvalue weighted by atomic mass is 9.94. The fourth-order valence-electron chi connectivity index (χ4n) is 5.95. The third-order valence-electron chi connectivity index (χ3n) is 7.73. The summed E-state index contributed by atoms with van der Waals surface area (Å²) in [5, 5.41) is 15.2. The van der Waals surface area contributed by atoms with Gasteiger partial charge < -0.3 is 20.5 Å². The monoisotopic (exact) mass is 462 g/mol. The van der Waals surface area contributed by atoms with E-state index < -0.39 is 29.6 Å². The normalized spacial score (nSPS) is 22.6. The van der Waals surface area contributed by atoms with Gasteiger partial charge in [-0.05, 0) is 47.9 Å². The Morgan fingerprint density at radius 1 is 0.912 bits per heavy atom. The number of hydrogen-bond donors (Lipinski definition) is 3. The molecular formula is C27H30N2O5. The maximum absolute atomic E-state index is 13.2. The van der Waals surface area contributed by atoms with Crippen LogP contribution in [0.25, 0.3) is 11.1 Å². The fourth-order valence-corrected chi connectivity index (χ4v) is 5.95. The molecule has 7 heteroatoms. The maximum atomic E-state index is 13.2. The van der Waals surface area contributed by atoms with Gasteiger partial charge in [-0.1, -0.05) is 67.8 Å². The number of carbonyl (C=O) groups is 3. The Labute approximate surface area is 198 Å². The number of benzene rings is 2. The van der Waals surface area contributed by atoms with Gasteiger partial charge in [-0.2, -0.15) is 0 Å². The third-order valence-corrected chi connectivity index (χ3v) is 7.73. The number of alkyl carbamates (subject to hydrolysis) is 1. The summed E-state index contributed by atoms with van der Waals surface area (Å²) in [5.41, 5.74) is 3.52. The second-order valence-electron chi connectivity index (χ2n) is 9.70. The Kier molecular flexibility index (Phi) is 6.02. The first-order valence-electron chi connectivity index (χ1n) is 12.2. The number of hydrogen-bond acceptors (Lipinski definition) is 4. The molecular weight excluding hydrogens is 432 g/mol. The zero-order chi connectivity index (χ0) is 23.7. The van der Waals surface area contributed by atoms with Crippen molar-refractivity contribution in [3.63, 3.8) is 0 Å². The molecule has 3 aliphatic carbocycles. The molecule has 0 radical (unpaired) electrons. The van der Waals surface area contributed by atoms with Crippen LogP contribution in [0, 0.1) is 5.92 Å². The van der Waals surface area contributed by atoms with E-state index in [9.17, 15) is 19.5 Å². The average molecular weight is 463 g/mol. The summed E-state index contributed by atoms with van der Waals surface area (Å²) in [4.78, 5) is 37.6. The van der Waals surface area contributed by atoms with Gasteiger partial charge in [-0.15, -0.1) is 0 Å². The molecule has 34 heavy (non-hydrogen) atoms. The van der Waals surface area contributed by atoms with Gasteiger partial charge in [0.05, 0.1) is 5.92 Å². The van der Waals surface area contributed by atoms with Gasteiger partial charge in [-0.25, -0.2) is 4.79 Å². The lowest BCUT2D eigenvalue weighted by Crippen LogP contribution is -2.59. The average Bonchev–Trinajstić information content (AvgIpc) is 3.56. The molecule has 2 saturated carbocycles. The van der Waals surface area contributed by atoms with Gasteiger partial charge in [0.2, 0.25) is 5.91 Å². The zero-order valence-corrected chi connectivity index (χ0v) is 19.1. The molecule has 2 aromatic carbocycles. The number of carboxylic acids is 1. The minimum atomic E-state index is -1.05. The largest absolute Gasteiger partial charge is 0.481 e. The van der Waals surface area contributed by atoms with Gasteiger partial charge in [0.15, 0.2) is 0 Å². The van der Waals surface area contributed by atoms with Crippen LogP contribution in [-0.4, -0.2) is 41.3 Å². The van der Waals surface area contributed by atoms with Crippen LogP contribution in [0.3, 0.4) is 0 Å². The number of ether oxygens (including phenoxy) is 1. The van der Waals surface area contributed by atoms with E-state index in [0.29, 0.717) is 25.7 Å².